The number of carbonyl (C=O) groups excluding carboxylic acids is 2. The summed E-state index contributed by atoms with van der Waals surface area (Å²) in [4.78, 5) is 25.8. The number of nitrogens with zero attached hydrogens (tertiary/aromatic N) is 2. The molecule has 2 aromatic rings. The van der Waals surface area contributed by atoms with E-state index in [-0.39, 0.29) is 17.7 Å². The molecule has 0 spiro atoms. The first-order chi connectivity index (χ1) is 11.1. The fraction of sp³-hybridized carbons (Fsp3) is 0.0588. The number of halogens is 1. The molecule has 2 amide bonds. The van der Waals surface area contributed by atoms with E-state index in [2.05, 4.69) is 22.5 Å². The minimum absolute atomic E-state index is 0.232. The molecule has 1 aromatic heterocycles. The Hall–Kier alpha value is -2.05. The average Bonchev–Trinajstić information content (AvgIpc) is 3.09. The largest absolute Gasteiger partial charge is 0.317 e. The lowest BCUT2D eigenvalue weighted by Gasteiger charge is -2.08. The van der Waals surface area contributed by atoms with E-state index < -0.39 is 0 Å². The van der Waals surface area contributed by atoms with Crippen LogP contribution in [0.1, 0.15) is 5.69 Å². The van der Waals surface area contributed by atoms with E-state index in [0.717, 1.165) is 27.6 Å². The van der Waals surface area contributed by atoms with Gasteiger partial charge in [0.05, 0.1) is 4.91 Å². The van der Waals surface area contributed by atoms with Gasteiger partial charge in [-0.1, -0.05) is 22.0 Å². The van der Waals surface area contributed by atoms with Gasteiger partial charge in [-0.2, -0.15) is 0 Å². The second-order valence-electron chi connectivity index (χ2n) is 4.86. The Morgan fingerprint density at radius 3 is 2.61 bits per heavy atom. The van der Waals surface area contributed by atoms with Crippen molar-refractivity contribution in [2.75, 3.05) is 6.54 Å². The second-order valence-corrected chi connectivity index (χ2v) is 6.77. The molecule has 2 heterocycles. The third-order valence-electron chi connectivity index (χ3n) is 3.35. The minimum atomic E-state index is -0.275. The SMILES string of the molecule is C=CCN1C(=O)SC(=Cc2cccn2-c2ccc(Br)cc2)C1=O. The van der Waals surface area contributed by atoms with E-state index in [1.165, 1.54) is 4.90 Å². The highest BCUT2D eigenvalue weighted by Crippen LogP contribution is 2.32. The quantitative estimate of drug-likeness (QED) is 0.573. The van der Waals surface area contributed by atoms with Crippen molar-refractivity contribution < 1.29 is 9.59 Å². The zero-order valence-corrected chi connectivity index (χ0v) is 14.5. The van der Waals surface area contributed by atoms with Crippen molar-refractivity contribution >= 4 is 44.9 Å². The molecule has 0 atom stereocenters. The Kier molecular flexibility index (Phi) is 4.54. The minimum Gasteiger partial charge on any atom is -0.317 e. The number of hydrogen-bond donors (Lipinski definition) is 0. The molecular formula is C17H13BrN2O2S. The summed E-state index contributed by atoms with van der Waals surface area (Å²) in [5.74, 6) is -0.275. The van der Waals surface area contributed by atoms with Crippen LogP contribution < -0.4 is 0 Å². The van der Waals surface area contributed by atoms with Crippen LogP contribution in [-0.2, 0) is 4.79 Å². The van der Waals surface area contributed by atoms with Crippen LogP contribution >= 0.6 is 27.7 Å². The van der Waals surface area contributed by atoms with Crippen LogP contribution in [0.3, 0.4) is 0 Å². The Balaban J connectivity index is 1.94. The number of thioether (sulfide) groups is 1. The maximum atomic E-state index is 12.3. The van der Waals surface area contributed by atoms with Gasteiger partial charge in [0.2, 0.25) is 0 Å². The van der Waals surface area contributed by atoms with Crippen molar-refractivity contribution in [3.05, 3.63) is 70.3 Å². The predicted octanol–water partition coefficient (Wildman–Crippen LogP) is 4.46. The molecule has 0 N–H and O–H groups in total. The lowest BCUT2D eigenvalue weighted by molar-refractivity contribution is -0.122. The molecule has 1 aromatic carbocycles. The van der Waals surface area contributed by atoms with Crippen LogP contribution in [0.2, 0.25) is 0 Å². The number of benzene rings is 1. The number of rotatable bonds is 4. The summed E-state index contributed by atoms with van der Waals surface area (Å²) in [5, 5.41) is -0.261. The van der Waals surface area contributed by atoms with E-state index >= 15 is 0 Å². The first-order valence-electron chi connectivity index (χ1n) is 6.89. The Morgan fingerprint density at radius 2 is 1.91 bits per heavy atom. The van der Waals surface area contributed by atoms with E-state index in [1.807, 2.05) is 47.2 Å². The van der Waals surface area contributed by atoms with Gasteiger partial charge < -0.3 is 4.57 Å². The monoisotopic (exact) mass is 388 g/mol. The van der Waals surface area contributed by atoms with Gasteiger partial charge in [0, 0.05) is 28.6 Å². The summed E-state index contributed by atoms with van der Waals surface area (Å²) in [5.41, 5.74) is 1.83. The van der Waals surface area contributed by atoms with Crippen LogP contribution in [0.5, 0.6) is 0 Å². The first kappa shape index (κ1) is 15.8. The van der Waals surface area contributed by atoms with Crippen LogP contribution in [-0.4, -0.2) is 27.2 Å². The molecule has 1 aliphatic heterocycles. The maximum absolute atomic E-state index is 12.3. The van der Waals surface area contributed by atoms with Crippen molar-refractivity contribution in [2.24, 2.45) is 0 Å². The van der Waals surface area contributed by atoms with Crippen molar-refractivity contribution in [3.8, 4) is 5.69 Å². The number of imide groups is 1. The van der Waals surface area contributed by atoms with Gasteiger partial charge >= 0.3 is 0 Å². The molecule has 0 aliphatic carbocycles. The lowest BCUT2D eigenvalue weighted by atomic mass is 10.3. The highest BCUT2D eigenvalue weighted by atomic mass is 79.9. The zero-order chi connectivity index (χ0) is 16.4. The van der Waals surface area contributed by atoms with E-state index in [1.54, 1.807) is 12.2 Å². The normalized spacial score (nSPS) is 16.4. The topological polar surface area (TPSA) is 42.3 Å². The number of aromatic nitrogens is 1. The van der Waals surface area contributed by atoms with Crippen LogP contribution in [0, 0.1) is 0 Å². The highest BCUT2D eigenvalue weighted by molar-refractivity contribution is 9.10. The van der Waals surface area contributed by atoms with Crippen LogP contribution in [0.4, 0.5) is 4.79 Å². The van der Waals surface area contributed by atoms with Gasteiger partial charge in [-0.3, -0.25) is 14.5 Å². The fourth-order valence-electron chi connectivity index (χ4n) is 2.27. The van der Waals surface area contributed by atoms with E-state index in [9.17, 15) is 9.59 Å². The first-order valence-corrected chi connectivity index (χ1v) is 8.50. The molecule has 0 bridgehead atoms. The number of hydrogen-bond acceptors (Lipinski definition) is 3. The van der Waals surface area contributed by atoms with Crippen LogP contribution in [0.25, 0.3) is 11.8 Å². The Bertz CT molecular complexity index is 808. The number of carbonyl (C=O) groups is 2. The summed E-state index contributed by atoms with van der Waals surface area (Å²) >= 11 is 4.37. The summed E-state index contributed by atoms with van der Waals surface area (Å²) in [6.45, 7) is 3.80. The molecule has 0 saturated carbocycles. The molecule has 1 saturated heterocycles. The molecule has 6 heteroatoms. The molecule has 116 valence electrons. The molecule has 0 radical (unpaired) electrons. The van der Waals surface area contributed by atoms with Gasteiger partial charge in [0.25, 0.3) is 11.1 Å². The van der Waals surface area contributed by atoms with Gasteiger partial charge in [-0.15, -0.1) is 6.58 Å². The molecular weight excluding hydrogens is 376 g/mol. The van der Waals surface area contributed by atoms with Crippen molar-refractivity contribution in [1.29, 1.82) is 0 Å². The van der Waals surface area contributed by atoms with E-state index in [0.29, 0.717) is 4.91 Å². The third kappa shape index (κ3) is 3.18. The fourth-order valence-corrected chi connectivity index (χ4v) is 3.37. The Morgan fingerprint density at radius 1 is 1.17 bits per heavy atom. The smallest absolute Gasteiger partial charge is 0.293 e. The summed E-state index contributed by atoms with van der Waals surface area (Å²) in [7, 11) is 0. The van der Waals surface area contributed by atoms with Gasteiger partial charge in [0.15, 0.2) is 0 Å². The average molecular weight is 389 g/mol. The molecule has 4 nitrogen and oxygen atoms in total. The Labute approximate surface area is 146 Å². The van der Waals surface area contributed by atoms with Crippen LogP contribution in [0.15, 0.2) is 64.6 Å². The van der Waals surface area contributed by atoms with Gasteiger partial charge in [-0.05, 0) is 54.2 Å². The lowest BCUT2D eigenvalue weighted by Crippen LogP contribution is -2.27. The molecule has 23 heavy (non-hydrogen) atoms. The van der Waals surface area contributed by atoms with E-state index in [4.69, 9.17) is 0 Å². The predicted molar refractivity (Wildman–Crippen MR) is 96.3 cm³/mol. The van der Waals surface area contributed by atoms with Crippen molar-refractivity contribution in [3.63, 3.8) is 0 Å². The standard InChI is InChI=1S/C17H13BrN2O2S/c1-2-9-20-16(21)15(23-17(20)22)11-14-4-3-10-19(14)13-7-5-12(18)6-8-13/h2-8,10-11H,1,9H2. The molecule has 1 fully saturated rings. The summed E-state index contributed by atoms with van der Waals surface area (Å²) < 4.78 is 2.97. The van der Waals surface area contributed by atoms with Gasteiger partial charge in [0.1, 0.15) is 0 Å². The summed E-state index contributed by atoms with van der Waals surface area (Å²) in [6, 6.07) is 11.7. The third-order valence-corrected chi connectivity index (χ3v) is 4.79. The molecule has 0 unspecified atom stereocenters. The second kappa shape index (κ2) is 6.60. The number of amides is 2. The zero-order valence-electron chi connectivity index (χ0n) is 12.1. The maximum Gasteiger partial charge on any atom is 0.293 e. The molecule has 3 rings (SSSR count). The van der Waals surface area contributed by atoms with Crippen molar-refractivity contribution in [2.45, 2.75) is 0 Å². The molecule has 1 aliphatic rings. The summed E-state index contributed by atoms with van der Waals surface area (Å²) in [6.07, 6.45) is 5.21. The highest BCUT2D eigenvalue weighted by Gasteiger charge is 2.34. The van der Waals surface area contributed by atoms with Crippen molar-refractivity contribution in [1.82, 2.24) is 9.47 Å². The van der Waals surface area contributed by atoms with Gasteiger partial charge in [-0.25, -0.2) is 0 Å².